The van der Waals surface area contributed by atoms with Crippen molar-refractivity contribution < 1.29 is 47.9 Å². The second-order valence-corrected chi connectivity index (χ2v) is 6.54. The molecule has 10 heteroatoms. The molecule has 2 fully saturated rings. The number of Topliss-reactive ketones (excluding diaryl/α,β-unsaturated/α-hetero) is 1. The van der Waals surface area contributed by atoms with Gasteiger partial charge in [-0.1, -0.05) is 0 Å². The molecule has 0 aromatic rings. The van der Waals surface area contributed by atoms with Crippen LogP contribution >= 0.6 is 0 Å². The summed E-state index contributed by atoms with van der Waals surface area (Å²) in [5.41, 5.74) is -2.32. The van der Waals surface area contributed by atoms with Crippen LogP contribution in [0.3, 0.4) is 0 Å². The molecule has 0 aliphatic carbocycles. The molecule has 0 aromatic heterocycles. The van der Waals surface area contributed by atoms with Crippen molar-refractivity contribution in [3.05, 3.63) is 0 Å². The minimum absolute atomic E-state index is 0.0428. The smallest absolute Gasteiger partial charge is 0.324 e. The average Bonchev–Trinajstić information content (AvgIpc) is 2.69. The SMILES string of the molecule is CCOC(=O)C1(C(C)=O)COCOC1.CCOC(=O)C1(C(C)O)COCOC1. The number of ketones is 1. The second-order valence-electron chi connectivity index (χ2n) is 6.54. The van der Waals surface area contributed by atoms with Crippen LogP contribution in [0.1, 0.15) is 27.7 Å². The molecule has 0 amide bonds. The Morgan fingerprint density at radius 2 is 1.32 bits per heavy atom. The van der Waals surface area contributed by atoms with Crippen molar-refractivity contribution in [1.29, 1.82) is 0 Å². The van der Waals surface area contributed by atoms with Gasteiger partial charge in [0.2, 0.25) is 0 Å². The van der Waals surface area contributed by atoms with E-state index in [2.05, 4.69) is 0 Å². The summed E-state index contributed by atoms with van der Waals surface area (Å²) in [6, 6.07) is 0. The van der Waals surface area contributed by atoms with Crippen LogP contribution in [-0.4, -0.2) is 82.2 Å². The molecule has 0 saturated carbocycles. The summed E-state index contributed by atoms with van der Waals surface area (Å²) in [5, 5.41) is 9.56. The quantitative estimate of drug-likeness (QED) is 0.477. The maximum Gasteiger partial charge on any atom is 0.324 e. The number of hydrogen-bond acceptors (Lipinski definition) is 10. The normalized spacial score (nSPS) is 21.5. The number of esters is 2. The van der Waals surface area contributed by atoms with Crippen molar-refractivity contribution in [1.82, 2.24) is 0 Å². The van der Waals surface area contributed by atoms with E-state index in [-0.39, 0.29) is 59.0 Å². The third-order valence-electron chi connectivity index (χ3n) is 4.57. The third-order valence-corrected chi connectivity index (χ3v) is 4.57. The van der Waals surface area contributed by atoms with E-state index in [4.69, 9.17) is 28.4 Å². The lowest BCUT2D eigenvalue weighted by Gasteiger charge is -2.36. The van der Waals surface area contributed by atoms with Crippen molar-refractivity contribution in [3.8, 4) is 0 Å². The zero-order valence-electron chi connectivity index (χ0n) is 16.9. The summed E-state index contributed by atoms with van der Waals surface area (Å²) in [6.45, 7) is 7.47. The Morgan fingerprint density at radius 3 is 1.71 bits per heavy atom. The standard InChI is InChI=1S/C9H16O5.C9H14O5/c2*1-3-14-8(11)9(7(2)10)4-12-6-13-5-9/h7,10H,3-6H2,1-2H3;3-6H2,1-2H3. The number of ether oxygens (including phenoxy) is 6. The molecule has 0 aromatic carbocycles. The molecule has 2 aliphatic rings. The predicted molar refractivity (Wildman–Crippen MR) is 94.0 cm³/mol. The molecule has 162 valence electrons. The van der Waals surface area contributed by atoms with Gasteiger partial charge in [-0.25, -0.2) is 0 Å². The van der Waals surface area contributed by atoms with Crippen molar-refractivity contribution in [2.75, 3.05) is 53.2 Å². The number of carbonyl (C=O) groups excluding carboxylic acids is 3. The molecule has 0 bridgehead atoms. The van der Waals surface area contributed by atoms with Crippen LogP contribution in [-0.2, 0) is 42.8 Å². The first-order chi connectivity index (χ1) is 13.3. The largest absolute Gasteiger partial charge is 0.465 e. The van der Waals surface area contributed by atoms with Gasteiger partial charge in [0.25, 0.3) is 0 Å². The van der Waals surface area contributed by atoms with Gasteiger partial charge < -0.3 is 33.5 Å². The first-order valence-corrected chi connectivity index (χ1v) is 9.11. The van der Waals surface area contributed by atoms with Crippen LogP contribution in [0.4, 0.5) is 0 Å². The number of aliphatic hydroxyl groups is 1. The summed E-state index contributed by atoms with van der Waals surface area (Å²) in [7, 11) is 0. The number of rotatable bonds is 6. The summed E-state index contributed by atoms with van der Waals surface area (Å²) in [4.78, 5) is 34.6. The van der Waals surface area contributed by atoms with Gasteiger partial charge in [0.1, 0.15) is 19.0 Å². The van der Waals surface area contributed by atoms with E-state index < -0.39 is 28.9 Å². The molecule has 1 atom stereocenters. The first kappa shape index (κ1) is 24.4. The van der Waals surface area contributed by atoms with E-state index in [0.717, 1.165) is 0 Å². The topological polar surface area (TPSA) is 127 Å². The van der Waals surface area contributed by atoms with Crippen molar-refractivity contribution >= 4 is 17.7 Å². The molecule has 0 spiro atoms. The minimum Gasteiger partial charge on any atom is -0.465 e. The van der Waals surface area contributed by atoms with Gasteiger partial charge in [0.15, 0.2) is 11.2 Å². The Balaban J connectivity index is 0.000000280. The molecule has 2 saturated heterocycles. The van der Waals surface area contributed by atoms with Crippen LogP contribution < -0.4 is 0 Å². The van der Waals surface area contributed by atoms with Crippen LogP contribution in [0.2, 0.25) is 0 Å². The highest BCUT2D eigenvalue weighted by molar-refractivity contribution is 6.03. The zero-order valence-corrected chi connectivity index (χ0v) is 16.9. The fourth-order valence-corrected chi connectivity index (χ4v) is 2.62. The Morgan fingerprint density at radius 1 is 0.893 bits per heavy atom. The van der Waals surface area contributed by atoms with Crippen molar-refractivity contribution in [2.45, 2.75) is 33.8 Å². The lowest BCUT2D eigenvalue weighted by molar-refractivity contribution is -0.212. The summed E-state index contributed by atoms with van der Waals surface area (Å²) in [6.07, 6.45) is -0.846. The second kappa shape index (κ2) is 11.4. The number of hydrogen-bond donors (Lipinski definition) is 1. The van der Waals surface area contributed by atoms with E-state index in [9.17, 15) is 19.5 Å². The summed E-state index contributed by atoms with van der Waals surface area (Å²) < 4.78 is 29.7. The van der Waals surface area contributed by atoms with Gasteiger partial charge in [-0.05, 0) is 27.7 Å². The lowest BCUT2D eigenvalue weighted by atomic mass is 9.84. The molecule has 2 heterocycles. The van der Waals surface area contributed by atoms with Crippen LogP contribution in [0.25, 0.3) is 0 Å². The molecule has 10 nitrogen and oxygen atoms in total. The summed E-state index contributed by atoms with van der Waals surface area (Å²) >= 11 is 0. The van der Waals surface area contributed by atoms with Gasteiger partial charge in [-0.2, -0.15) is 0 Å². The Kier molecular flexibility index (Phi) is 9.97. The van der Waals surface area contributed by atoms with Crippen LogP contribution in [0, 0.1) is 10.8 Å². The first-order valence-electron chi connectivity index (χ1n) is 9.11. The zero-order chi connectivity index (χ0) is 21.2. The van der Waals surface area contributed by atoms with Gasteiger partial charge in [-0.3, -0.25) is 14.4 Å². The Hall–Kier alpha value is -1.59. The Labute approximate surface area is 164 Å². The monoisotopic (exact) mass is 406 g/mol. The molecule has 28 heavy (non-hydrogen) atoms. The average molecular weight is 406 g/mol. The van der Waals surface area contributed by atoms with Gasteiger partial charge in [-0.15, -0.1) is 0 Å². The van der Waals surface area contributed by atoms with Crippen LogP contribution in [0.15, 0.2) is 0 Å². The highest BCUT2D eigenvalue weighted by Crippen LogP contribution is 2.28. The van der Waals surface area contributed by atoms with Crippen LogP contribution in [0.5, 0.6) is 0 Å². The number of carbonyl (C=O) groups is 3. The predicted octanol–water partition coefficient (Wildman–Crippen LogP) is 0.0502. The van der Waals surface area contributed by atoms with E-state index in [1.54, 1.807) is 13.8 Å². The van der Waals surface area contributed by atoms with Gasteiger partial charge in [0, 0.05) is 0 Å². The summed E-state index contributed by atoms with van der Waals surface area (Å²) in [5.74, 6) is -1.31. The fourth-order valence-electron chi connectivity index (χ4n) is 2.62. The van der Waals surface area contributed by atoms with Gasteiger partial charge in [0.05, 0.1) is 45.7 Å². The molecule has 2 rings (SSSR count). The van der Waals surface area contributed by atoms with E-state index >= 15 is 0 Å². The lowest BCUT2D eigenvalue weighted by Crippen LogP contribution is -2.52. The third kappa shape index (κ3) is 5.71. The molecule has 0 radical (unpaired) electrons. The molecule has 2 aliphatic heterocycles. The van der Waals surface area contributed by atoms with E-state index in [0.29, 0.717) is 0 Å². The maximum atomic E-state index is 11.6. The fraction of sp³-hybridized carbons (Fsp3) is 0.833. The number of aliphatic hydroxyl groups excluding tert-OH is 1. The van der Waals surface area contributed by atoms with Crippen molar-refractivity contribution in [2.24, 2.45) is 10.8 Å². The van der Waals surface area contributed by atoms with Crippen molar-refractivity contribution in [3.63, 3.8) is 0 Å². The Bertz CT molecular complexity index is 518. The van der Waals surface area contributed by atoms with E-state index in [1.165, 1.54) is 13.8 Å². The highest BCUT2D eigenvalue weighted by Gasteiger charge is 2.48. The molecule has 1 unspecified atom stereocenters. The molecule has 1 N–H and O–H groups in total. The maximum absolute atomic E-state index is 11.6. The van der Waals surface area contributed by atoms with Gasteiger partial charge >= 0.3 is 11.9 Å². The van der Waals surface area contributed by atoms with E-state index in [1.807, 2.05) is 0 Å². The molecular formula is C18H30O10. The minimum atomic E-state index is -1.26. The highest BCUT2D eigenvalue weighted by atomic mass is 16.7. The molecular weight excluding hydrogens is 376 g/mol.